The molecular weight excluding hydrogens is 564 g/mol. The van der Waals surface area contributed by atoms with Crippen LogP contribution < -0.4 is 4.74 Å². The maximum absolute atomic E-state index is 13.6. The van der Waals surface area contributed by atoms with Crippen molar-refractivity contribution in [3.8, 4) is 5.75 Å². The summed E-state index contributed by atoms with van der Waals surface area (Å²) in [4.78, 5) is 57.5. The van der Waals surface area contributed by atoms with Gasteiger partial charge in [-0.25, -0.2) is 19.5 Å². The van der Waals surface area contributed by atoms with E-state index in [2.05, 4.69) is 15.1 Å². The fourth-order valence-electron chi connectivity index (χ4n) is 4.21. The zero-order valence-electron chi connectivity index (χ0n) is 21.8. The number of carbonyl (C=O) groups is 3. The minimum atomic E-state index is -0.608. The summed E-state index contributed by atoms with van der Waals surface area (Å²) in [5.41, 5.74) is 1.76. The Morgan fingerprint density at radius 3 is 2.54 bits per heavy atom. The van der Waals surface area contributed by atoms with E-state index in [1.165, 1.54) is 50.8 Å². The molecule has 0 N–H and O–H groups in total. The summed E-state index contributed by atoms with van der Waals surface area (Å²) in [6.45, 7) is 1.95. The summed E-state index contributed by atoms with van der Waals surface area (Å²) in [6.07, 6.45) is 2.06. The Hall–Kier alpha value is -3.62. The lowest BCUT2D eigenvalue weighted by atomic mass is 10.0. The molecule has 4 aromatic rings. The first-order valence-corrected chi connectivity index (χ1v) is 13.9. The summed E-state index contributed by atoms with van der Waals surface area (Å²) in [5, 5.41) is 6.01. The maximum atomic E-state index is 13.6. The summed E-state index contributed by atoms with van der Waals surface area (Å²) >= 11 is 8.96. The number of ether oxygens (including phenoxy) is 1. The monoisotopic (exact) mass is 588 g/mol. The van der Waals surface area contributed by atoms with Gasteiger partial charge in [-0.05, 0) is 19.1 Å². The Labute approximate surface area is 236 Å². The Morgan fingerprint density at radius 1 is 1.10 bits per heavy atom. The first-order chi connectivity index (χ1) is 18.5. The molecule has 204 valence electrons. The second-order valence-electron chi connectivity index (χ2n) is 9.23. The van der Waals surface area contributed by atoms with Gasteiger partial charge in [0, 0.05) is 41.2 Å². The predicted molar refractivity (Wildman–Crippen MR) is 146 cm³/mol. The Morgan fingerprint density at radius 2 is 1.85 bits per heavy atom. The molecule has 0 aromatic carbocycles. The quantitative estimate of drug-likeness (QED) is 0.315. The number of hydrogen-bond acceptors (Lipinski definition) is 10. The minimum absolute atomic E-state index is 0.0183. The number of amides is 3. The van der Waals surface area contributed by atoms with Crippen LogP contribution in [-0.4, -0.2) is 98.3 Å². The molecule has 39 heavy (non-hydrogen) atoms. The number of hydrogen-bond donors (Lipinski definition) is 0. The topological polar surface area (TPSA) is 126 Å². The van der Waals surface area contributed by atoms with Gasteiger partial charge in [-0.3, -0.25) is 14.4 Å². The molecule has 5 heterocycles. The Kier molecular flexibility index (Phi) is 7.27. The van der Waals surface area contributed by atoms with E-state index < -0.39 is 6.04 Å². The van der Waals surface area contributed by atoms with E-state index >= 15 is 0 Å². The third-order valence-electron chi connectivity index (χ3n) is 6.06. The number of pyridine rings is 1. The Bertz CT molecular complexity index is 1590. The normalized spacial score (nSPS) is 14.8. The van der Waals surface area contributed by atoms with E-state index in [1.54, 1.807) is 37.6 Å². The van der Waals surface area contributed by atoms with Crippen molar-refractivity contribution in [3.05, 3.63) is 55.5 Å². The molecule has 3 amide bonds. The number of aryl methyl sites for hydroxylation is 1. The van der Waals surface area contributed by atoms with Gasteiger partial charge in [-0.2, -0.15) is 5.10 Å². The zero-order valence-corrected chi connectivity index (χ0v) is 24.2. The van der Waals surface area contributed by atoms with Gasteiger partial charge < -0.3 is 19.4 Å². The van der Waals surface area contributed by atoms with Crippen LogP contribution in [0.3, 0.4) is 0 Å². The molecule has 0 radical (unpaired) electrons. The predicted octanol–water partition coefficient (Wildman–Crippen LogP) is 2.56. The van der Waals surface area contributed by atoms with Crippen LogP contribution >= 0.6 is 34.3 Å². The highest BCUT2D eigenvalue weighted by Crippen LogP contribution is 2.38. The standard InChI is InChI=1S/C24H25ClN8O4S2/c1-12-29-33-18-13(28-24(33)38-12)8-9-32(19(18)21-26-10-16(39-21)23(36)31(4)5)17(34)11-37-15-7-6-14(27-20(15)25)22(35)30(2)3/h6-7,10,19H,8-9,11H2,1-5H3. The lowest BCUT2D eigenvalue weighted by molar-refractivity contribution is -0.135. The number of imidazole rings is 1. The summed E-state index contributed by atoms with van der Waals surface area (Å²) in [6, 6.07) is 2.41. The number of carbonyl (C=O) groups excluding carboxylic acids is 3. The van der Waals surface area contributed by atoms with Crippen LogP contribution in [0.2, 0.25) is 5.15 Å². The summed E-state index contributed by atoms with van der Waals surface area (Å²) < 4.78 is 7.50. The van der Waals surface area contributed by atoms with E-state index in [1.807, 2.05) is 6.92 Å². The minimum Gasteiger partial charge on any atom is -0.481 e. The first-order valence-electron chi connectivity index (χ1n) is 11.9. The second kappa shape index (κ2) is 10.5. The van der Waals surface area contributed by atoms with Gasteiger partial charge in [0.15, 0.2) is 17.5 Å². The fourth-order valence-corrected chi connectivity index (χ4v) is 6.25. The molecule has 0 fully saturated rings. The summed E-state index contributed by atoms with van der Waals surface area (Å²) in [7, 11) is 6.58. The van der Waals surface area contributed by atoms with E-state index in [0.717, 1.165) is 21.4 Å². The second-order valence-corrected chi connectivity index (χ2v) is 11.8. The average Bonchev–Trinajstić information content (AvgIpc) is 3.60. The van der Waals surface area contributed by atoms with Crippen molar-refractivity contribution in [1.29, 1.82) is 0 Å². The SMILES string of the molecule is Cc1nn2c3c(nc2s1)CCN(C(=O)COc1ccc(C(=O)N(C)C)nc1Cl)C3c1ncc(C(=O)N(C)C)s1. The van der Waals surface area contributed by atoms with Gasteiger partial charge in [0.1, 0.15) is 26.6 Å². The Balaban J connectivity index is 1.45. The van der Waals surface area contributed by atoms with Crippen LogP contribution in [0.5, 0.6) is 5.75 Å². The lowest BCUT2D eigenvalue weighted by Crippen LogP contribution is -2.43. The fraction of sp³-hybridized carbons (Fsp3) is 0.375. The number of rotatable bonds is 6. The molecule has 15 heteroatoms. The van der Waals surface area contributed by atoms with Crippen molar-refractivity contribution >= 4 is 57.0 Å². The highest BCUT2D eigenvalue weighted by atomic mass is 35.5. The number of halogens is 1. The molecule has 0 saturated carbocycles. The molecule has 0 saturated heterocycles. The molecule has 12 nitrogen and oxygen atoms in total. The van der Waals surface area contributed by atoms with Gasteiger partial charge >= 0.3 is 0 Å². The van der Waals surface area contributed by atoms with Crippen molar-refractivity contribution in [3.63, 3.8) is 0 Å². The molecule has 0 aliphatic carbocycles. The van der Waals surface area contributed by atoms with Crippen molar-refractivity contribution in [2.75, 3.05) is 41.3 Å². The van der Waals surface area contributed by atoms with Crippen molar-refractivity contribution in [2.24, 2.45) is 0 Å². The van der Waals surface area contributed by atoms with Gasteiger partial charge in [0.2, 0.25) is 4.96 Å². The number of fused-ring (bicyclic) bond motifs is 3. The molecule has 0 spiro atoms. The molecule has 1 unspecified atom stereocenters. The van der Waals surface area contributed by atoms with Gasteiger partial charge in [-0.1, -0.05) is 22.9 Å². The molecule has 1 aliphatic heterocycles. The maximum Gasteiger partial charge on any atom is 0.271 e. The number of nitrogens with zero attached hydrogens (tertiary/aromatic N) is 8. The third-order valence-corrected chi connectivity index (χ3v) is 8.19. The molecule has 4 aromatic heterocycles. The van der Waals surface area contributed by atoms with Gasteiger partial charge in [-0.15, -0.1) is 11.3 Å². The van der Waals surface area contributed by atoms with Crippen molar-refractivity contribution in [2.45, 2.75) is 19.4 Å². The number of aromatic nitrogens is 5. The van der Waals surface area contributed by atoms with Crippen LogP contribution in [0.25, 0.3) is 4.96 Å². The molecule has 1 atom stereocenters. The molecule has 1 aliphatic rings. The van der Waals surface area contributed by atoms with E-state index in [-0.39, 0.29) is 40.9 Å². The summed E-state index contributed by atoms with van der Waals surface area (Å²) in [5.74, 6) is -0.596. The zero-order chi connectivity index (χ0) is 28.0. The van der Waals surface area contributed by atoms with Crippen LogP contribution in [0.1, 0.15) is 47.6 Å². The van der Waals surface area contributed by atoms with E-state index in [0.29, 0.717) is 22.9 Å². The van der Waals surface area contributed by atoms with Gasteiger partial charge in [0.25, 0.3) is 17.7 Å². The van der Waals surface area contributed by atoms with Crippen LogP contribution in [0.15, 0.2) is 18.3 Å². The van der Waals surface area contributed by atoms with E-state index in [9.17, 15) is 14.4 Å². The average molecular weight is 589 g/mol. The third kappa shape index (κ3) is 5.06. The van der Waals surface area contributed by atoms with Crippen LogP contribution in [-0.2, 0) is 11.2 Å². The van der Waals surface area contributed by atoms with Gasteiger partial charge in [0.05, 0.1) is 17.6 Å². The highest BCUT2D eigenvalue weighted by molar-refractivity contribution is 7.16. The highest BCUT2D eigenvalue weighted by Gasteiger charge is 2.39. The molecule has 0 bridgehead atoms. The van der Waals surface area contributed by atoms with Crippen LogP contribution in [0, 0.1) is 6.92 Å². The smallest absolute Gasteiger partial charge is 0.271 e. The molecular formula is C24H25ClN8O4S2. The van der Waals surface area contributed by atoms with Crippen molar-refractivity contribution < 1.29 is 19.1 Å². The first kappa shape index (κ1) is 27.0. The van der Waals surface area contributed by atoms with Crippen LogP contribution in [0.4, 0.5) is 0 Å². The number of thiazole rings is 1. The largest absolute Gasteiger partial charge is 0.481 e. The van der Waals surface area contributed by atoms with Crippen molar-refractivity contribution in [1.82, 2.24) is 39.3 Å². The van der Waals surface area contributed by atoms with E-state index in [4.69, 9.17) is 21.3 Å². The molecule has 5 rings (SSSR count). The lowest BCUT2D eigenvalue weighted by Gasteiger charge is -2.34.